The SMILES string of the molecule is CCN1CC(=O)N(C(C)C)C1=S.CCN1CC(=S)N(C(C)C)C1=O. The monoisotopic (exact) mass is 372 g/mol. The van der Waals surface area contributed by atoms with E-state index in [2.05, 4.69) is 0 Å². The summed E-state index contributed by atoms with van der Waals surface area (Å²) in [6.07, 6.45) is 0. The van der Waals surface area contributed by atoms with Crippen LogP contribution in [0, 0.1) is 0 Å². The van der Waals surface area contributed by atoms with E-state index in [1.54, 1.807) is 14.7 Å². The van der Waals surface area contributed by atoms with Gasteiger partial charge in [-0.2, -0.15) is 0 Å². The van der Waals surface area contributed by atoms with Crippen LogP contribution in [0.15, 0.2) is 0 Å². The molecule has 2 aliphatic heterocycles. The number of hydrogen-bond donors (Lipinski definition) is 0. The van der Waals surface area contributed by atoms with Gasteiger partial charge in [-0.1, -0.05) is 12.2 Å². The van der Waals surface area contributed by atoms with Crippen LogP contribution >= 0.6 is 24.4 Å². The topological polar surface area (TPSA) is 47.1 Å². The summed E-state index contributed by atoms with van der Waals surface area (Å²) < 4.78 is 0. The average molecular weight is 373 g/mol. The third-order valence-electron chi connectivity index (χ3n) is 3.94. The van der Waals surface area contributed by atoms with Gasteiger partial charge in [0.1, 0.15) is 4.99 Å². The maximum absolute atomic E-state index is 11.6. The fourth-order valence-corrected chi connectivity index (χ4v) is 3.60. The van der Waals surface area contributed by atoms with Crippen molar-refractivity contribution in [3.05, 3.63) is 0 Å². The number of rotatable bonds is 4. The van der Waals surface area contributed by atoms with Crippen molar-refractivity contribution in [3.63, 3.8) is 0 Å². The zero-order chi connectivity index (χ0) is 18.6. The third-order valence-corrected chi connectivity index (χ3v) is 4.72. The van der Waals surface area contributed by atoms with E-state index in [9.17, 15) is 9.59 Å². The number of amides is 3. The lowest BCUT2D eigenvalue weighted by Gasteiger charge is -2.21. The lowest BCUT2D eigenvalue weighted by molar-refractivity contribution is -0.126. The zero-order valence-corrected chi connectivity index (χ0v) is 17.0. The summed E-state index contributed by atoms with van der Waals surface area (Å²) in [5, 5.41) is 0.678. The number of urea groups is 1. The molecule has 0 spiro atoms. The molecule has 0 saturated carbocycles. The second-order valence-corrected chi connectivity index (χ2v) is 7.14. The molecule has 0 N–H and O–H groups in total. The first-order chi connectivity index (χ1) is 11.1. The van der Waals surface area contributed by atoms with Crippen LogP contribution in [0.1, 0.15) is 41.5 Å². The minimum Gasteiger partial charge on any atom is -0.340 e. The standard InChI is InChI=1S/2C8H14N2OS/c1-4-9-5-7(12)10(6(2)3)8(9)11;1-4-9-5-7(11)10(6(2)3)8(9)12/h2*6H,4-5H2,1-3H3. The summed E-state index contributed by atoms with van der Waals surface area (Å²) in [4.78, 5) is 30.7. The molecule has 24 heavy (non-hydrogen) atoms. The molecular formula is C16H28N4O2S2. The highest BCUT2D eigenvalue weighted by Crippen LogP contribution is 2.14. The number of likely N-dealkylation sites (N-methyl/N-ethyl adjacent to an activating group) is 2. The van der Waals surface area contributed by atoms with E-state index in [-0.39, 0.29) is 24.0 Å². The minimum atomic E-state index is 0.0532. The van der Waals surface area contributed by atoms with Crippen LogP contribution in [0.3, 0.4) is 0 Å². The molecule has 0 aliphatic carbocycles. The Kier molecular flexibility index (Phi) is 7.54. The molecule has 2 aliphatic rings. The van der Waals surface area contributed by atoms with Crippen molar-refractivity contribution in [1.29, 1.82) is 0 Å². The molecule has 136 valence electrons. The minimum absolute atomic E-state index is 0.0532. The summed E-state index contributed by atoms with van der Waals surface area (Å²) in [6.45, 7) is 14.5. The Balaban J connectivity index is 0.000000240. The smallest absolute Gasteiger partial charge is 0.325 e. The number of carbonyl (C=O) groups excluding carboxylic acids is 2. The van der Waals surface area contributed by atoms with Gasteiger partial charge in [0.15, 0.2) is 5.11 Å². The molecule has 3 amide bonds. The van der Waals surface area contributed by atoms with Crippen LogP contribution < -0.4 is 0 Å². The maximum atomic E-state index is 11.6. The Bertz CT molecular complexity index is 476. The van der Waals surface area contributed by atoms with Crippen LogP contribution in [0.25, 0.3) is 0 Å². The third kappa shape index (κ3) is 4.42. The van der Waals surface area contributed by atoms with E-state index in [0.29, 0.717) is 18.2 Å². The summed E-state index contributed by atoms with van der Waals surface area (Å²) >= 11 is 10.2. The predicted molar refractivity (Wildman–Crippen MR) is 104 cm³/mol. The fraction of sp³-hybridized carbons (Fsp3) is 0.750. The van der Waals surface area contributed by atoms with Crippen LogP contribution in [-0.4, -0.2) is 79.9 Å². The summed E-state index contributed by atoms with van der Waals surface area (Å²) in [7, 11) is 0. The van der Waals surface area contributed by atoms with Crippen LogP contribution in [0.2, 0.25) is 0 Å². The van der Waals surface area contributed by atoms with E-state index < -0.39 is 0 Å². The number of nitrogens with zero attached hydrogens (tertiary/aromatic N) is 4. The second-order valence-electron chi connectivity index (χ2n) is 6.31. The van der Waals surface area contributed by atoms with Gasteiger partial charge in [-0.15, -0.1) is 0 Å². The van der Waals surface area contributed by atoms with Gasteiger partial charge in [-0.25, -0.2) is 4.79 Å². The Labute approximate surface area is 155 Å². The summed E-state index contributed by atoms with van der Waals surface area (Å²) in [5.74, 6) is 0.122. The highest BCUT2D eigenvalue weighted by molar-refractivity contribution is 7.80. The molecule has 0 aromatic rings. The molecule has 2 rings (SSSR count). The van der Waals surface area contributed by atoms with Crippen LogP contribution in [-0.2, 0) is 4.79 Å². The van der Waals surface area contributed by atoms with Gasteiger partial charge >= 0.3 is 6.03 Å². The van der Waals surface area contributed by atoms with Gasteiger partial charge in [0, 0.05) is 25.2 Å². The predicted octanol–water partition coefficient (Wildman–Crippen LogP) is 2.32. The Morgan fingerprint density at radius 1 is 0.875 bits per heavy atom. The van der Waals surface area contributed by atoms with Crippen molar-refractivity contribution < 1.29 is 9.59 Å². The van der Waals surface area contributed by atoms with E-state index in [1.807, 2.05) is 46.4 Å². The van der Waals surface area contributed by atoms with Crippen molar-refractivity contribution in [2.45, 2.75) is 53.6 Å². The van der Waals surface area contributed by atoms with Crippen LogP contribution in [0.5, 0.6) is 0 Å². The molecular weight excluding hydrogens is 344 g/mol. The molecule has 2 saturated heterocycles. The Morgan fingerprint density at radius 2 is 1.38 bits per heavy atom. The Morgan fingerprint density at radius 3 is 1.62 bits per heavy atom. The largest absolute Gasteiger partial charge is 0.340 e. The van der Waals surface area contributed by atoms with Crippen molar-refractivity contribution in [2.24, 2.45) is 0 Å². The fourth-order valence-electron chi connectivity index (χ4n) is 2.64. The van der Waals surface area contributed by atoms with Crippen molar-refractivity contribution >= 4 is 46.5 Å². The molecule has 0 radical (unpaired) electrons. The molecule has 8 heteroatoms. The van der Waals surface area contributed by atoms with E-state index in [1.165, 1.54) is 0 Å². The number of hydrogen-bond acceptors (Lipinski definition) is 4. The first-order valence-corrected chi connectivity index (χ1v) is 9.19. The number of carbonyl (C=O) groups is 2. The first kappa shape index (κ1) is 20.8. The number of thiocarbonyl (C=S) groups is 2. The zero-order valence-electron chi connectivity index (χ0n) is 15.4. The molecule has 0 atom stereocenters. The van der Waals surface area contributed by atoms with Crippen molar-refractivity contribution in [2.75, 3.05) is 26.2 Å². The summed E-state index contributed by atoms with van der Waals surface area (Å²) in [5.41, 5.74) is 0. The Hall–Kier alpha value is -1.28. The van der Waals surface area contributed by atoms with E-state index in [0.717, 1.165) is 18.1 Å². The highest BCUT2D eigenvalue weighted by Gasteiger charge is 2.34. The second kappa shape index (κ2) is 8.71. The molecule has 0 bridgehead atoms. The normalized spacial score (nSPS) is 18.3. The molecule has 2 fully saturated rings. The van der Waals surface area contributed by atoms with Gasteiger partial charge in [0.25, 0.3) is 0 Å². The summed E-state index contributed by atoms with van der Waals surface area (Å²) in [6, 6.07) is 0.417. The van der Waals surface area contributed by atoms with Gasteiger partial charge in [-0.05, 0) is 53.8 Å². The average Bonchev–Trinajstić information content (AvgIpc) is 2.94. The van der Waals surface area contributed by atoms with Crippen molar-refractivity contribution in [1.82, 2.24) is 19.6 Å². The molecule has 0 aromatic carbocycles. The molecule has 2 heterocycles. The van der Waals surface area contributed by atoms with Crippen LogP contribution in [0.4, 0.5) is 4.79 Å². The van der Waals surface area contributed by atoms with Gasteiger partial charge in [0.05, 0.1) is 13.1 Å². The lowest BCUT2D eigenvalue weighted by atomic mass is 10.3. The highest BCUT2D eigenvalue weighted by atomic mass is 32.1. The van der Waals surface area contributed by atoms with Crippen molar-refractivity contribution in [3.8, 4) is 0 Å². The molecule has 6 nitrogen and oxygen atoms in total. The maximum Gasteiger partial charge on any atom is 0.325 e. The first-order valence-electron chi connectivity index (χ1n) is 8.37. The van der Waals surface area contributed by atoms with Gasteiger partial charge in [0.2, 0.25) is 5.91 Å². The van der Waals surface area contributed by atoms with E-state index >= 15 is 0 Å². The lowest BCUT2D eigenvalue weighted by Crippen LogP contribution is -2.37. The van der Waals surface area contributed by atoms with E-state index in [4.69, 9.17) is 24.4 Å². The molecule has 0 aromatic heterocycles. The van der Waals surface area contributed by atoms with Gasteiger partial charge in [-0.3, -0.25) is 14.6 Å². The molecule has 0 unspecified atom stereocenters. The quantitative estimate of drug-likeness (QED) is 0.709. The van der Waals surface area contributed by atoms with Gasteiger partial charge < -0.3 is 9.80 Å².